The molecule has 0 unspecified atom stereocenters. The van der Waals surface area contributed by atoms with E-state index in [1.807, 2.05) is 36.1 Å². The van der Waals surface area contributed by atoms with Crippen LogP contribution in [0.4, 0.5) is 4.39 Å². The molecule has 0 saturated heterocycles. The van der Waals surface area contributed by atoms with Gasteiger partial charge in [-0.05, 0) is 28.8 Å². The van der Waals surface area contributed by atoms with Crippen molar-refractivity contribution in [1.29, 1.82) is 0 Å². The van der Waals surface area contributed by atoms with Gasteiger partial charge in [-0.3, -0.25) is 4.79 Å². The molecule has 3 rings (SSSR count). The minimum atomic E-state index is -0.216. The van der Waals surface area contributed by atoms with Crippen LogP contribution in [0, 0.1) is 5.82 Å². The molecule has 102 valence electrons. The minimum absolute atomic E-state index is 0.161. The normalized spacial score (nSPS) is 13.4. The number of benzene rings is 2. The molecule has 2 aromatic rings. The first-order valence-electron chi connectivity index (χ1n) is 6.83. The summed E-state index contributed by atoms with van der Waals surface area (Å²) in [6.07, 6.45) is 0.522. The minimum Gasteiger partial charge on any atom is -0.334 e. The maximum atomic E-state index is 13.8. The Morgan fingerprint density at radius 1 is 1.15 bits per heavy atom. The molecule has 0 radical (unpaired) electrons. The van der Waals surface area contributed by atoms with Crippen LogP contribution in [0.5, 0.6) is 0 Å². The first-order chi connectivity index (χ1) is 9.69. The highest BCUT2D eigenvalue weighted by molar-refractivity contribution is 5.77. The van der Waals surface area contributed by atoms with Crippen LogP contribution in [-0.4, -0.2) is 10.8 Å². The van der Waals surface area contributed by atoms with Crippen molar-refractivity contribution in [2.75, 3.05) is 0 Å². The molecule has 0 aromatic heterocycles. The SMILES string of the molecule is CCC(=O)N1Cc2ccc(-c3ccccc3F)cc2C1. The lowest BCUT2D eigenvalue weighted by atomic mass is 10.0. The fourth-order valence-electron chi connectivity index (χ4n) is 2.66. The molecule has 1 aliphatic rings. The highest BCUT2D eigenvalue weighted by atomic mass is 19.1. The van der Waals surface area contributed by atoms with E-state index in [0.717, 1.165) is 16.7 Å². The van der Waals surface area contributed by atoms with Crippen molar-refractivity contribution in [3.63, 3.8) is 0 Å². The number of fused-ring (bicyclic) bond motifs is 1. The first-order valence-corrected chi connectivity index (χ1v) is 6.83. The highest BCUT2D eigenvalue weighted by Crippen LogP contribution is 2.29. The molecule has 0 fully saturated rings. The monoisotopic (exact) mass is 269 g/mol. The summed E-state index contributed by atoms with van der Waals surface area (Å²) in [6.45, 7) is 3.17. The molecule has 0 saturated carbocycles. The third kappa shape index (κ3) is 2.20. The van der Waals surface area contributed by atoms with E-state index in [1.165, 1.54) is 6.07 Å². The van der Waals surface area contributed by atoms with Crippen molar-refractivity contribution < 1.29 is 9.18 Å². The molecule has 1 aliphatic heterocycles. The van der Waals surface area contributed by atoms with Crippen LogP contribution < -0.4 is 0 Å². The zero-order valence-electron chi connectivity index (χ0n) is 11.4. The Hall–Kier alpha value is -2.16. The summed E-state index contributed by atoms with van der Waals surface area (Å²) >= 11 is 0. The maximum absolute atomic E-state index is 13.8. The van der Waals surface area contributed by atoms with Gasteiger partial charge in [0.15, 0.2) is 0 Å². The van der Waals surface area contributed by atoms with Crippen LogP contribution in [0.1, 0.15) is 24.5 Å². The average molecular weight is 269 g/mol. The van der Waals surface area contributed by atoms with E-state index in [2.05, 4.69) is 0 Å². The summed E-state index contributed by atoms with van der Waals surface area (Å²) in [5.74, 6) is -0.0550. The zero-order valence-corrected chi connectivity index (χ0v) is 11.4. The number of rotatable bonds is 2. The van der Waals surface area contributed by atoms with Crippen molar-refractivity contribution in [2.45, 2.75) is 26.4 Å². The van der Waals surface area contributed by atoms with E-state index >= 15 is 0 Å². The molecule has 0 N–H and O–H groups in total. The largest absolute Gasteiger partial charge is 0.334 e. The van der Waals surface area contributed by atoms with Gasteiger partial charge < -0.3 is 4.90 Å². The van der Waals surface area contributed by atoms with E-state index in [4.69, 9.17) is 0 Å². The van der Waals surface area contributed by atoms with Crippen LogP contribution in [0.2, 0.25) is 0 Å². The highest BCUT2D eigenvalue weighted by Gasteiger charge is 2.22. The average Bonchev–Trinajstić information content (AvgIpc) is 2.90. The van der Waals surface area contributed by atoms with Gasteiger partial charge in [0.1, 0.15) is 5.82 Å². The molecule has 3 heteroatoms. The smallest absolute Gasteiger partial charge is 0.222 e. The van der Waals surface area contributed by atoms with Crippen molar-refractivity contribution in [1.82, 2.24) is 4.90 Å². The molecule has 0 atom stereocenters. The number of carbonyl (C=O) groups excluding carboxylic acids is 1. The Labute approximate surface area is 117 Å². The number of carbonyl (C=O) groups is 1. The van der Waals surface area contributed by atoms with E-state index in [-0.39, 0.29) is 11.7 Å². The van der Waals surface area contributed by atoms with Gasteiger partial charge >= 0.3 is 0 Å². The van der Waals surface area contributed by atoms with Gasteiger partial charge in [0, 0.05) is 25.1 Å². The lowest BCUT2D eigenvalue weighted by molar-refractivity contribution is -0.131. The fraction of sp³-hybridized carbons (Fsp3) is 0.235. The summed E-state index contributed by atoms with van der Waals surface area (Å²) in [5.41, 5.74) is 3.75. The Morgan fingerprint density at radius 3 is 2.65 bits per heavy atom. The molecule has 0 spiro atoms. The third-order valence-electron chi connectivity index (χ3n) is 3.77. The van der Waals surface area contributed by atoms with Crippen LogP contribution in [0.25, 0.3) is 11.1 Å². The van der Waals surface area contributed by atoms with Crippen molar-refractivity contribution >= 4 is 5.91 Å². The number of hydrogen-bond acceptors (Lipinski definition) is 1. The summed E-state index contributed by atoms with van der Waals surface area (Å²) < 4.78 is 13.8. The summed E-state index contributed by atoms with van der Waals surface area (Å²) in [5, 5.41) is 0. The molecule has 1 amide bonds. The number of amides is 1. The Morgan fingerprint density at radius 2 is 1.90 bits per heavy atom. The van der Waals surface area contributed by atoms with Gasteiger partial charge in [-0.2, -0.15) is 0 Å². The number of hydrogen-bond donors (Lipinski definition) is 0. The van der Waals surface area contributed by atoms with E-state index < -0.39 is 0 Å². The standard InChI is InChI=1S/C17H16FNO/c1-2-17(20)19-10-13-8-7-12(9-14(13)11-19)15-5-3-4-6-16(15)18/h3-9H,2,10-11H2,1H3. The van der Waals surface area contributed by atoms with Crippen LogP contribution in [-0.2, 0) is 17.9 Å². The molecular formula is C17H16FNO. The molecule has 0 aliphatic carbocycles. The van der Waals surface area contributed by atoms with E-state index in [1.54, 1.807) is 12.1 Å². The van der Waals surface area contributed by atoms with Gasteiger partial charge in [0.2, 0.25) is 5.91 Å². The third-order valence-corrected chi connectivity index (χ3v) is 3.77. The topological polar surface area (TPSA) is 20.3 Å². The first kappa shape index (κ1) is 12.9. The number of nitrogens with zero attached hydrogens (tertiary/aromatic N) is 1. The van der Waals surface area contributed by atoms with Gasteiger partial charge in [0.05, 0.1) is 0 Å². The van der Waals surface area contributed by atoms with Crippen LogP contribution in [0.15, 0.2) is 42.5 Å². The number of halogens is 1. The van der Waals surface area contributed by atoms with E-state index in [0.29, 0.717) is 25.1 Å². The molecule has 0 bridgehead atoms. The lowest BCUT2D eigenvalue weighted by Gasteiger charge is -2.13. The second kappa shape index (κ2) is 5.08. The van der Waals surface area contributed by atoms with Crippen molar-refractivity contribution in [3.8, 4) is 11.1 Å². The van der Waals surface area contributed by atoms with E-state index in [9.17, 15) is 9.18 Å². The van der Waals surface area contributed by atoms with Crippen molar-refractivity contribution in [3.05, 3.63) is 59.4 Å². The van der Waals surface area contributed by atoms with Gasteiger partial charge in [-0.25, -0.2) is 4.39 Å². The van der Waals surface area contributed by atoms with Gasteiger partial charge in [-0.15, -0.1) is 0 Å². The predicted molar refractivity (Wildman–Crippen MR) is 76.4 cm³/mol. The van der Waals surface area contributed by atoms with Crippen LogP contribution in [0.3, 0.4) is 0 Å². The molecule has 20 heavy (non-hydrogen) atoms. The second-order valence-corrected chi connectivity index (χ2v) is 5.07. The molecule has 2 aromatic carbocycles. The maximum Gasteiger partial charge on any atom is 0.222 e. The zero-order chi connectivity index (χ0) is 14.1. The fourth-order valence-corrected chi connectivity index (χ4v) is 2.66. The summed E-state index contributed by atoms with van der Waals surface area (Å²) in [6, 6.07) is 12.7. The summed E-state index contributed by atoms with van der Waals surface area (Å²) in [7, 11) is 0. The van der Waals surface area contributed by atoms with Gasteiger partial charge in [0.25, 0.3) is 0 Å². The van der Waals surface area contributed by atoms with Gasteiger partial charge in [-0.1, -0.05) is 37.3 Å². The molecule has 2 nitrogen and oxygen atoms in total. The molecular weight excluding hydrogens is 253 g/mol. The second-order valence-electron chi connectivity index (χ2n) is 5.07. The van der Waals surface area contributed by atoms with Crippen molar-refractivity contribution in [2.24, 2.45) is 0 Å². The predicted octanol–water partition coefficient (Wildman–Crippen LogP) is 3.74. The Kier molecular flexibility index (Phi) is 3.26. The quantitative estimate of drug-likeness (QED) is 0.813. The lowest BCUT2D eigenvalue weighted by Crippen LogP contribution is -2.23. The Balaban J connectivity index is 1.93. The summed E-state index contributed by atoms with van der Waals surface area (Å²) in [4.78, 5) is 13.6. The van der Waals surface area contributed by atoms with Crippen LogP contribution >= 0.6 is 0 Å². The molecule has 1 heterocycles. The Bertz CT molecular complexity index is 666.